The third kappa shape index (κ3) is 6.60. The standard InChI is InChI=1S/C22H27NO2.BF4/c1-17(20-13-6-7-14-21(20)24)23(2)15-9-8-12-19(23)16-22(25)18-10-4-3-5-11-18;2-1(3,4)5/h3-11,13-14,17,19,22,25H,12,15-16H2,1-2H3;/q;-1/p+1/t17?,19?,22-,23?;/m0./s1. The van der Waals surface area contributed by atoms with Gasteiger partial charge in [0, 0.05) is 12.8 Å². The van der Waals surface area contributed by atoms with Crippen molar-refractivity contribution in [3.05, 3.63) is 77.9 Å². The number of phenolic OH excluding ortho intramolecular Hbond substituents is 1. The van der Waals surface area contributed by atoms with Crippen LogP contribution in [0.25, 0.3) is 0 Å². The van der Waals surface area contributed by atoms with Gasteiger partial charge in [-0.05, 0) is 30.7 Å². The number of benzene rings is 2. The highest BCUT2D eigenvalue weighted by Crippen LogP contribution is 2.39. The van der Waals surface area contributed by atoms with Crippen molar-refractivity contribution in [3.63, 3.8) is 0 Å². The molecule has 30 heavy (non-hydrogen) atoms. The lowest BCUT2D eigenvalue weighted by Gasteiger charge is -2.48. The largest absolute Gasteiger partial charge is 0.673 e. The van der Waals surface area contributed by atoms with E-state index in [1.54, 1.807) is 6.07 Å². The predicted octanol–water partition coefficient (Wildman–Crippen LogP) is 5.65. The van der Waals surface area contributed by atoms with Gasteiger partial charge in [0.1, 0.15) is 11.8 Å². The Balaban J connectivity index is 0.000000575. The molecule has 0 saturated heterocycles. The Kier molecular flexibility index (Phi) is 8.09. The van der Waals surface area contributed by atoms with Crippen molar-refractivity contribution in [2.75, 3.05) is 13.6 Å². The molecule has 4 atom stereocenters. The third-order valence-corrected chi connectivity index (χ3v) is 5.86. The van der Waals surface area contributed by atoms with Crippen LogP contribution in [0.5, 0.6) is 5.75 Å². The molecule has 0 aromatic heterocycles. The maximum absolute atomic E-state index is 10.7. The number of aromatic hydroxyl groups is 1. The molecule has 3 nitrogen and oxygen atoms in total. The van der Waals surface area contributed by atoms with Gasteiger partial charge in [-0.1, -0.05) is 48.5 Å². The van der Waals surface area contributed by atoms with E-state index in [4.69, 9.17) is 0 Å². The van der Waals surface area contributed by atoms with Gasteiger partial charge in [-0.25, -0.2) is 0 Å². The van der Waals surface area contributed by atoms with Gasteiger partial charge in [0.15, 0.2) is 0 Å². The topological polar surface area (TPSA) is 40.5 Å². The minimum Gasteiger partial charge on any atom is -0.507 e. The maximum atomic E-state index is 10.7. The Morgan fingerprint density at radius 3 is 2.17 bits per heavy atom. The molecular weight excluding hydrogens is 397 g/mol. The average Bonchev–Trinajstić information content (AvgIpc) is 2.69. The number of aliphatic hydroxyl groups excluding tert-OH is 1. The smallest absolute Gasteiger partial charge is 0.507 e. The number of para-hydroxylation sites is 1. The highest BCUT2D eigenvalue weighted by Gasteiger charge is 2.40. The lowest BCUT2D eigenvalue weighted by atomic mass is 9.91. The van der Waals surface area contributed by atoms with Gasteiger partial charge in [0.2, 0.25) is 0 Å². The Bertz CT molecular complexity index is 825. The number of quaternary nitrogens is 1. The van der Waals surface area contributed by atoms with Crippen LogP contribution >= 0.6 is 0 Å². The molecule has 2 aromatic rings. The lowest BCUT2D eigenvalue weighted by Crippen LogP contribution is -2.55. The van der Waals surface area contributed by atoms with E-state index < -0.39 is 13.4 Å². The van der Waals surface area contributed by atoms with Crippen molar-refractivity contribution >= 4 is 7.25 Å². The second-order valence-corrected chi connectivity index (χ2v) is 7.78. The van der Waals surface area contributed by atoms with Gasteiger partial charge >= 0.3 is 7.25 Å². The first-order valence-corrected chi connectivity index (χ1v) is 9.90. The summed E-state index contributed by atoms with van der Waals surface area (Å²) in [6.45, 7) is 3.08. The van der Waals surface area contributed by atoms with E-state index in [-0.39, 0.29) is 6.04 Å². The normalized spacial score (nSPS) is 23.2. The van der Waals surface area contributed by atoms with Crippen molar-refractivity contribution in [1.82, 2.24) is 0 Å². The number of hydrogen-bond acceptors (Lipinski definition) is 2. The van der Waals surface area contributed by atoms with Crippen molar-refractivity contribution in [1.29, 1.82) is 0 Å². The molecule has 0 radical (unpaired) electrons. The second kappa shape index (κ2) is 10.1. The number of nitrogens with zero attached hydrogens (tertiary/aromatic N) is 1. The number of rotatable bonds is 5. The van der Waals surface area contributed by atoms with Gasteiger partial charge in [-0.2, -0.15) is 0 Å². The van der Waals surface area contributed by atoms with E-state index in [0.717, 1.165) is 28.6 Å². The van der Waals surface area contributed by atoms with E-state index in [0.29, 0.717) is 18.2 Å². The Morgan fingerprint density at radius 2 is 1.57 bits per heavy atom. The molecule has 0 amide bonds. The zero-order valence-electron chi connectivity index (χ0n) is 17.1. The van der Waals surface area contributed by atoms with Crippen LogP contribution in [0.1, 0.15) is 43.0 Å². The fraction of sp³-hybridized carbons (Fsp3) is 0.364. The van der Waals surface area contributed by atoms with Gasteiger partial charge in [-0.3, -0.25) is 0 Å². The average molecular weight is 425 g/mol. The van der Waals surface area contributed by atoms with E-state index in [1.807, 2.05) is 48.5 Å². The van der Waals surface area contributed by atoms with Crippen LogP contribution in [0, 0.1) is 0 Å². The quantitative estimate of drug-likeness (QED) is 0.281. The first-order chi connectivity index (χ1) is 14.0. The van der Waals surface area contributed by atoms with Crippen LogP contribution in [0.4, 0.5) is 17.3 Å². The molecule has 3 rings (SSSR count). The SMILES string of the molecule is CC(c1ccccc1O)[N+]1(C)CC=CCC1C[C@H](O)c1ccccc1.F[B-](F)(F)F. The molecule has 0 spiro atoms. The Labute approximate surface area is 175 Å². The first-order valence-electron chi connectivity index (χ1n) is 9.90. The zero-order valence-corrected chi connectivity index (χ0v) is 17.1. The number of likely N-dealkylation sites (N-methyl/N-ethyl adjacent to an activating group) is 1. The summed E-state index contributed by atoms with van der Waals surface area (Å²) < 4.78 is 39.8. The summed E-state index contributed by atoms with van der Waals surface area (Å²) in [6.07, 6.45) is 5.63. The minimum absolute atomic E-state index is 0.152. The monoisotopic (exact) mass is 425 g/mol. The molecule has 0 fully saturated rings. The van der Waals surface area contributed by atoms with E-state index in [9.17, 15) is 27.5 Å². The molecule has 3 unspecified atom stereocenters. The molecule has 1 aliphatic heterocycles. The van der Waals surface area contributed by atoms with Crippen LogP contribution in [0.2, 0.25) is 0 Å². The molecule has 0 saturated carbocycles. The van der Waals surface area contributed by atoms with Gasteiger partial charge in [0.25, 0.3) is 0 Å². The summed E-state index contributed by atoms with van der Waals surface area (Å²) in [5.74, 6) is 0.353. The van der Waals surface area contributed by atoms with E-state index in [1.165, 1.54) is 0 Å². The number of halogens is 4. The van der Waals surface area contributed by atoms with Gasteiger partial charge in [0.05, 0.1) is 31.3 Å². The lowest BCUT2D eigenvalue weighted by molar-refractivity contribution is -0.957. The molecule has 0 aliphatic carbocycles. The summed E-state index contributed by atoms with van der Waals surface area (Å²) in [7, 11) is -3.76. The second-order valence-electron chi connectivity index (χ2n) is 7.78. The van der Waals surface area contributed by atoms with Crippen LogP contribution in [-0.2, 0) is 0 Å². The number of hydrogen-bond donors (Lipinski definition) is 2. The first kappa shape index (κ1) is 24.0. The number of phenols is 1. The highest BCUT2D eigenvalue weighted by molar-refractivity contribution is 6.50. The summed E-state index contributed by atoms with van der Waals surface area (Å²) in [5, 5.41) is 21.0. The minimum atomic E-state index is -6.00. The van der Waals surface area contributed by atoms with Crippen molar-refractivity contribution in [2.45, 2.75) is 38.0 Å². The molecule has 2 aromatic carbocycles. The van der Waals surface area contributed by atoms with Crippen molar-refractivity contribution < 1.29 is 32.0 Å². The van der Waals surface area contributed by atoms with E-state index >= 15 is 0 Å². The van der Waals surface area contributed by atoms with Crippen LogP contribution < -0.4 is 0 Å². The van der Waals surface area contributed by atoms with Gasteiger partial charge in [-0.15, -0.1) is 0 Å². The van der Waals surface area contributed by atoms with Crippen LogP contribution in [0.3, 0.4) is 0 Å². The van der Waals surface area contributed by atoms with Crippen LogP contribution in [-0.4, -0.2) is 41.6 Å². The summed E-state index contributed by atoms with van der Waals surface area (Å²) in [4.78, 5) is 0. The Morgan fingerprint density at radius 1 is 1.00 bits per heavy atom. The van der Waals surface area contributed by atoms with Crippen molar-refractivity contribution in [3.8, 4) is 5.75 Å². The summed E-state index contributed by atoms with van der Waals surface area (Å²) >= 11 is 0. The molecule has 1 aliphatic rings. The fourth-order valence-corrected chi connectivity index (χ4v) is 3.98. The maximum Gasteiger partial charge on any atom is 0.673 e. The van der Waals surface area contributed by atoms with Gasteiger partial charge < -0.3 is 32.0 Å². The molecular formula is C22H28BF4NO2. The Hall–Kier alpha value is -2.32. The molecule has 164 valence electrons. The van der Waals surface area contributed by atoms with Crippen LogP contribution in [0.15, 0.2) is 66.7 Å². The molecule has 0 bridgehead atoms. The fourth-order valence-electron chi connectivity index (χ4n) is 3.98. The van der Waals surface area contributed by atoms with Crippen molar-refractivity contribution in [2.24, 2.45) is 0 Å². The van der Waals surface area contributed by atoms with E-state index in [2.05, 4.69) is 26.1 Å². The third-order valence-electron chi connectivity index (χ3n) is 5.86. The molecule has 8 heteroatoms. The molecule has 1 heterocycles. The predicted molar refractivity (Wildman–Crippen MR) is 111 cm³/mol. The highest BCUT2D eigenvalue weighted by atomic mass is 19.5. The molecule has 2 N–H and O–H groups in total. The number of aliphatic hydroxyl groups is 1. The summed E-state index contributed by atoms with van der Waals surface area (Å²) in [5.41, 5.74) is 1.94. The zero-order chi connectivity index (χ0) is 22.4. The summed E-state index contributed by atoms with van der Waals surface area (Å²) in [6, 6.07) is 17.9.